The van der Waals surface area contributed by atoms with Gasteiger partial charge in [-0.15, -0.1) is 0 Å². The summed E-state index contributed by atoms with van der Waals surface area (Å²) in [5, 5.41) is 12.9. The number of aromatic amines is 1. The fourth-order valence-electron chi connectivity index (χ4n) is 5.05. The molecule has 5 N–H and O–H groups in total. The fraction of sp³-hybridized carbons (Fsp3) is 0.484. The Morgan fingerprint density at radius 1 is 1.13 bits per heavy atom. The van der Waals surface area contributed by atoms with Gasteiger partial charge in [-0.1, -0.05) is 25.5 Å². The molecule has 2 aromatic rings. The molecule has 2 heterocycles. The topological polar surface area (TPSA) is 127 Å². The zero-order valence-corrected chi connectivity index (χ0v) is 23.4. The number of methoxy groups -OCH3 is 1. The summed E-state index contributed by atoms with van der Waals surface area (Å²) >= 11 is 0. The van der Waals surface area contributed by atoms with Gasteiger partial charge in [0.25, 0.3) is 0 Å². The van der Waals surface area contributed by atoms with E-state index in [4.69, 9.17) is 15.2 Å². The second kappa shape index (κ2) is 15.0. The molecule has 0 radical (unpaired) electrons. The number of nitrogens with one attached hydrogen (secondary N) is 2. The van der Waals surface area contributed by atoms with Crippen molar-refractivity contribution in [3.05, 3.63) is 70.8 Å². The third-order valence-electron chi connectivity index (χ3n) is 7.33. The Bertz CT molecular complexity index is 1170. The van der Waals surface area contributed by atoms with Crippen molar-refractivity contribution < 1.29 is 24.2 Å². The third kappa shape index (κ3) is 9.85. The zero-order chi connectivity index (χ0) is 28.2. The molecule has 0 aliphatic carbocycles. The molecule has 8 nitrogen and oxygen atoms in total. The Balaban J connectivity index is 1.51. The van der Waals surface area contributed by atoms with Gasteiger partial charge in [0, 0.05) is 38.7 Å². The maximum Gasteiger partial charge on any atom is 0.302 e. The number of rotatable bonds is 16. The minimum Gasteiger partial charge on any atom is -0.504 e. The first-order chi connectivity index (χ1) is 18.8. The van der Waals surface area contributed by atoms with Crippen LogP contribution in [0, 0.1) is 5.92 Å². The molecule has 39 heavy (non-hydrogen) atoms. The molecule has 0 saturated heterocycles. The maximum atomic E-state index is 12.8. The van der Waals surface area contributed by atoms with E-state index in [0.717, 1.165) is 44.2 Å². The number of H-pyrrole nitrogens is 1. The highest BCUT2D eigenvalue weighted by Crippen LogP contribution is 2.27. The number of esters is 1. The molecule has 0 unspecified atom stereocenters. The largest absolute Gasteiger partial charge is 0.504 e. The van der Waals surface area contributed by atoms with Crippen molar-refractivity contribution >= 4 is 11.8 Å². The molecule has 1 aliphatic rings. The summed E-state index contributed by atoms with van der Waals surface area (Å²) in [5.74, 6) is 1.29. The van der Waals surface area contributed by atoms with Crippen LogP contribution >= 0.6 is 0 Å². The second-order valence-corrected chi connectivity index (χ2v) is 10.3. The van der Waals surface area contributed by atoms with Crippen molar-refractivity contribution in [3.8, 4) is 11.5 Å². The van der Waals surface area contributed by atoms with Crippen LogP contribution in [0.4, 0.5) is 0 Å². The minimum atomic E-state index is -0.423. The summed E-state index contributed by atoms with van der Waals surface area (Å²) in [6, 6.07) is 5.09. The van der Waals surface area contributed by atoms with Gasteiger partial charge in [-0.05, 0) is 84.9 Å². The van der Waals surface area contributed by atoms with Crippen LogP contribution in [0.15, 0.2) is 54.1 Å². The SMILES string of the molecule is CC[C@H](CC[C@H](CC(=O)CCc1ccc(O)c(OC)c1)OC(C)=O)Cc1c[nH]cc1CCC1=CCNC(N)=C1. The number of phenols is 1. The molecule has 1 aliphatic heterocycles. The van der Waals surface area contributed by atoms with E-state index in [1.54, 1.807) is 18.2 Å². The minimum absolute atomic E-state index is 0.0520. The van der Waals surface area contributed by atoms with Gasteiger partial charge in [0.05, 0.1) is 12.9 Å². The Morgan fingerprint density at radius 3 is 2.64 bits per heavy atom. The van der Waals surface area contributed by atoms with Crippen LogP contribution in [0.3, 0.4) is 0 Å². The van der Waals surface area contributed by atoms with Gasteiger partial charge in [0.1, 0.15) is 11.9 Å². The molecule has 0 spiro atoms. The zero-order valence-electron chi connectivity index (χ0n) is 23.4. The number of ketones is 1. The molecule has 3 rings (SSSR count). The number of benzene rings is 1. The number of ether oxygens (including phenoxy) is 2. The lowest BCUT2D eigenvalue weighted by atomic mass is 9.89. The molecule has 212 valence electrons. The summed E-state index contributed by atoms with van der Waals surface area (Å²) < 4.78 is 10.7. The molecule has 0 amide bonds. The van der Waals surface area contributed by atoms with E-state index in [1.165, 1.54) is 30.7 Å². The summed E-state index contributed by atoms with van der Waals surface area (Å²) in [6.45, 7) is 4.35. The number of aromatic hydroxyl groups is 1. The van der Waals surface area contributed by atoms with Gasteiger partial charge in [-0.3, -0.25) is 9.59 Å². The molecule has 1 aromatic carbocycles. The van der Waals surface area contributed by atoms with Crippen LogP contribution in [-0.4, -0.2) is 41.6 Å². The lowest BCUT2D eigenvalue weighted by Crippen LogP contribution is -2.23. The van der Waals surface area contributed by atoms with Gasteiger partial charge in [0.2, 0.25) is 0 Å². The van der Waals surface area contributed by atoms with E-state index in [2.05, 4.69) is 35.7 Å². The fourth-order valence-corrected chi connectivity index (χ4v) is 5.05. The van der Waals surface area contributed by atoms with E-state index in [0.29, 0.717) is 36.8 Å². The number of carbonyl (C=O) groups is 2. The molecular formula is C31H43N3O5. The quantitative estimate of drug-likeness (QED) is 0.225. The number of carbonyl (C=O) groups excluding carboxylic acids is 2. The molecule has 0 fully saturated rings. The summed E-state index contributed by atoms with van der Waals surface area (Å²) in [6.07, 6.45) is 14.4. The number of allylic oxidation sites excluding steroid dienone is 2. The smallest absolute Gasteiger partial charge is 0.302 e. The molecule has 2 atom stereocenters. The van der Waals surface area contributed by atoms with Crippen LogP contribution in [-0.2, 0) is 33.6 Å². The van der Waals surface area contributed by atoms with Gasteiger partial charge in [0.15, 0.2) is 11.5 Å². The summed E-state index contributed by atoms with van der Waals surface area (Å²) in [5.41, 5.74) is 10.7. The van der Waals surface area contributed by atoms with E-state index >= 15 is 0 Å². The van der Waals surface area contributed by atoms with Crippen molar-refractivity contribution in [2.45, 2.75) is 77.7 Å². The first-order valence-electron chi connectivity index (χ1n) is 13.9. The average Bonchev–Trinajstić information content (AvgIpc) is 3.35. The highest BCUT2D eigenvalue weighted by Gasteiger charge is 2.20. The van der Waals surface area contributed by atoms with Gasteiger partial charge >= 0.3 is 5.97 Å². The Hall–Kier alpha value is -3.68. The van der Waals surface area contributed by atoms with E-state index in [-0.39, 0.29) is 23.9 Å². The third-order valence-corrected chi connectivity index (χ3v) is 7.33. The number of nitrogens with two attached hydrogens (primary N) is 1. The first kappa shape index (κ1) is 29.9. The highest BCUT2D eigenvalue weighted by molar-refractivity contribution is 5.79. The Morgan fingerprint density at radius 2 is 1.92 bits per heavy atom. The van der Waals surface area contributed by atoms with Crippen molar-refractivity contribution in [1.82, 2.24) is 10.3 Å². The first-order valence-corrected chi connectivity index (χ1v) is 13.9. The van der Waals surface area contributed by atoms with Crippen molar-refractivity contribution in [1.29, 1.82) is 0 Å². The van der Waals surface area contributed by atoms with E-state index in [9.17, 15) is 14.7 Å². The summed E-state index contributed by atoms with van der Waals surface area (Å²) in [4.78, 5) is 27.8. The maximum absolute atomic E-state index is 12.8. The molecular weight excluding hydrogens is 494 g/mol. The standard InChI is InChI=1S/C31H43N3O5/c1-4-22(15-26-20-33-19-25(26)9-5-24-13-14-34-31(32)17-24)7-11-28(39-21(2)35)18-27(36)10-6-23-8-12-29(37)30(16-23)38-3/h8,12-13,16-17,19-20,22,28,33-34,37H,4-7,9-11,14-15,18,32H2,1-3H3/t22-,28-/m1/s1. The monoisotopic (exact) mass is 537 g/mol. The molecule has 8 heteroatoms. The summed E-state index contributed by atoms with van der Waals surface area (Å²) in [7, 11) is 1.50. The van der Waals surface area contributed by atoms with Crippen LogP contribution < -0.4 is 15.8 Å². The number of hydrogen-bond donors (Lipinski definition) is 4. The average molecular weight is 538 g/mol. The van der Waals surface area contributed by atoms with Crippen LogP contribution in [0.25, 0.3) is 0 Å². The van der Waals surface area contributed by atoms with Crippen LogP contribution in [0.5, 0.6) is 11.5 Å². The molecule has 0 bridgehead atoms. The highest BCUT2D eigenvalue weighted by atomic mass is 16.5. The number of aryl methyl sites for hydroxylation is 2. The number of dihydropyridines is 1. The van der Waals surface area contributed by atoms with Crippen molar-refractivity contribution in [2.24, 2.45) is 11.7 Å². The van der Waals surface area contributed by atoms with Crippen LogP contribution in [0.2, 0.25) is 0 Å². The number of phenolic OH excluding ortho intramolecular Hbond substituents is 1. The van der Waals surface area contributed by atoms with E-state index in [1.807, 2.05) is 6.08 Å². The van der Waals surface area contributed by atoms with Crippen LogP contribution in [0.1, 0.15) is 69.1 Å². The molecule has 0 saturated carbocycles. The van der Waals surface area contributed by atoms with Gasteiger partial charge in [-0.2, -0.15) is 0 Å². The Labute approximate surface area is 231 Å². The van der Waals surface area contributed by atoms with E-state index < -0.39 is 6.10 Å². The van der Waals surface area contributed by atoms with Gasteiger partial charge < -0.3 is 30.6 Å². The normalized spacial score (nSPS) is 14.5. The lowest BCUT2D eigenvalue weighted by molar-refractivity contribution is -0.148. The number of Topliss-reactive ketones (excluding diaryl/α,β-unsaturated/α-hetero) is 1. The second-order valence-electron chi connectivity index (χ2n) is 10.3. The predicted molar refractivity (Wildman–Crippen MR) is 152 cm³/mol. The predicted octanol–water partition coefficient (Wildman–Crippen LogP) is 4.86. The van der Waals surface area contributed by atoms with Crippen molar-refractivity contribution in [3.63, 3.8) is 0 Å². The lowest BCUT2D eigenvalue weighted by Gasteiger charge is -2.21. The van der Waals surface area contributed by atoms with Gasteiger partial charge in [-0.25, -0.2) is 0 Å². The number of hydrogen-bond acceptors (Lipinski definition) is 7. The van der Waals surface area contributed by atoms with Crippen molar-refractivity contribution in [2.75, 3.05) is 13.7 Å². The number of aromatic nitrogens is 1. The Kier molecular flexibility index (Phi) is 11.5. The molecule has 1 aromatic heterocycles.